The average molecular weight is 615 g/mol. The molecule has 2 aromatic heterocycles. The lowest BCUT2D eigenvalue weighted by Gasteiger charge is -2.33. The van der Waals surface area contributed by atoms with E-state index in [1.165, 1.54) is 20.9 Å². The third kappa shape index (κ3) is 6.74. The molecule has 0 aliphatic carbocycles. The number of carbonyl (C=O) groups is 1. The van der Waals surface area contributed by atoms with E-state index in [4.69, 9.17) is 10.7 Å². The Kier molecular flexibility index (Phi) is 9.44. The summed E-state index contributed by atoms with van der Waals surface area (Å²) in [6.07, 6.45) is 5.57. The summed E-state index contributed by atoms with van der Waals surface area (Å²) in [5, 5.41) is 7.38. The minimum Gasteiger partial charge on any atom is -0.397 e. The number of hydrogen-bond acceptors (Lipinski definition) is 8. The van der Waals surface area contributed by atoms with Gasteiger partial charge in [0.15, 0.2) is 0 Å². The molecule has 1 aliphatic rings. The third-order valence-electron chi connectivity index (χ3n) is 8.25. The van der Waals surface area contributed by atoms with Crippen molar-refractivity contribution in [1.82, 2.24) is 14.3 Å². The molecule has 3 heterocycles. The molecule has 0 spiro atoms. The first-order valence-electron chi connectivity index (χ1n) is 14.9. The van der Waals surface area contributed by atoms with Gasteiger partial charge in [-0.3, -0.25) is 9.78 Å². The number of nitrogens with two attached hydrogens (primary N) is 1. The van der Waals surface area contributed by atoms with Gasteiger partial charge in [0.2, 0.25) is 5.91 Å². The maximum absolute atomic E-state index is 14.0. The van der Waals surface area contributed by atoms with E-state index in [0.29, 0.717) is 11.4 Å². The highest BCUT2D eigenvalue weighted by molar-refractivity contribution is 7.97. The zero-order chi connectivity index (χ0) is 30.7. The first kappa shape index (κ1) is 31.0. The van der Waals surface area contributed by atoms with Crippen molar-refractivity contribution in [3.05, 3.63) is 92.7 Å². The van der Waals surface area contributed by atoms with Crippen LogP contribution in [0.3, 0.4) is 0 Å². The Morgan fingerprint density at radius 1 is 1.16 bits per heavy atom. The summed E-state index contributed by atoms with van der Waals surface area (Å²) in [5.74, 6) is -0.400. The van der Waals surface area contributed by atoms with Gasteiger partial charge in [0.05, 0.1) is 46.8 Å². The summed E-state index contributed by atoms with van der Waals surface area (Å²) >= 11 is 3.52. The molecule has 0 radical (unpaired) electrons. The van der Waals surface area contributed by atoms with E-state index in [2.05, 4.69) is 65.0 Å². The molecule has 0 fully saturated rings. The van der Waals surface area contributed by atoms with Crippen molar-refractivity contribution in [1.29, 1.82) is 0 Å². The Balaban J connectivity index is 1.51. The monoisotopic (exact) mass is 614 g/mol. The second kappa shape index (κ2) is 13.1. The quantitative estimate of drug-likeness (QED) is 0.131. The smallest absolute Gasteiger partial charge is 0.231 e. The fraction of sp³-hybridized carbons (Fsp3) is 0.382. The molecule has 0 bridgehead atoms. The summed E-state index contributed by atoms with van der Waals surface area (Å²) < 4.78 is 2.43. The van der Waals surface area contributed by atoms with E-state index in [1.54, 1.807) is 23.7 Å². The predicted molar refractivity (Wildman–Crippen MR) is 181 cm³/mol. The standard InChI is InChI=1S/C34H42N6OS2/c1-7-37-27-15-14-26(22(3)31(27)35)30(34(5,6)33(41)38-25-11-8-16-36-19-25)32-39-28(23(4)42-32)20-40-17-9-10-24-13-12-21(2)18-29(24)43-40/h8,11-16,18-19,30,37H,7,9-10,17,20,35H2,1-6H3,(H,38,41). The van der Waals surface area contributed by atoms with Crippen LogP contribution in [0.15, 0.2) is 59.8 Å². The van der Waals surface area contributed by atoms with Gasteiger partial charge >= 0.3 is 0 Å². The Morgan fingerprint density at radius 2 is 1.98 bits per heavy atom. The van der Waals surface area contributed by atoms with Crippen molar-refractivity contribution in [3.63, 3.8) is 0 Å². The fourth-order valence-corrected chi connectivity index (χ4v) is 8.12. The number of nitrogens with zero attached hydrogens (tertiary/aromatic N) is 3. The van der Waals surface area contributed by atoms with E-state index < -0.39 is 5.41 Å². The number of anilines is 3. The maximum Gasteiger partial charge on any atom is 0.231 e. The highest BCUT2D eigenvalue weighted by atomic mass is 32.2. The van der Waals surface area contributed by atoms with Gasteiger partial charge in [-0.05, 0) is 99.0 Å². The Labute approximate surface area is 263 Å². The highest BCUT2D eigenvalue weighted by Crippen LogP contribution is 2.47. The van der Waals surface area contributed by atoms with Crippen LogP contribution in [-0.4, -0.2) is 33.3 Å². The summed E-state index contributed by atoms with van der Waals surface area (Å²) in [6, 6.07) is 14.6. The van der Waals surface area contributed by atoms with Gasteiger partial charge in [0.1, 0.15) is 5.01 Å². The fourth-order valence-electron chi connectivity index (χ4n) is 5.68. The molecular weight excluding hydrogens is 573 g/mol. The van der Waals surface area contributed by atoms with Crippen LogP contribution in [0.5, 0.6) is 0 Å². The molecule has 2 aromatic carbocycles. The van der Waals surface area contributed by atoms with Crippen molar-refractivity contribution in [2.75, 3.05) is 29.5 Å². The van der Waals surface area contributed by atoms with E-state index in [-0.39, 0.29) is 11.8 Å². The molecule has 226 valence electrons. The normalized spacial score (nSPS) is 14.6. The zero-order valence-electron chi connectivity index (χ0n) is 26.0. The zero-order valence-corrected chi connectivity index (χ0v) is 27.6. The van der Waals surface area contributed by atoms with E-state index in [9.17, 15) is 4.79 Å². The van der Waals surface area contributed by atoms with Crippen molar-refractivity contribution in [2.45, 2.75) is 71.7 Å². The number of carbonyl (C=O) groups excluding carboxylic acids is 1. The van der Waals surface area contributed by atoms with Gasteiger partial charge in [0.25, 0.3) is 0 Å². The van der Waals surface area contributed by atoms with Crippen molar-refractivity contribution >= 4 is 46.3 Å². The number of nitrogens with one attached hydrogen (secondary N) is 2. The number of amides is 1. The Bertz CT molecular complexity index is 1600. The van der Waals surface area contributed by atoms with Gasteiger partial charge in [-0.2, -0.15) is 0 Å². The molecule has 4 aromatic rings. The number of pyridine rings is 1. The second-order valence-electron chi connectivity index (χ2n) is 11.8. The van der Waals surface area contributed by atoms with Gasteiger partial charge < -0.3 is 16.4 Å². The van der Waals surface area contributed by atoms with E-state index in [1.807, 2.05) is 50.9 Å². The van der Waals surface area contributed by atoms with Crippen LogP contribution in [0.1, 0.15) is 70.9 Å². The number of fused-ring (bicyclic) bond motifs is 1. The molecule has 0 saturated heterocycles. The molecule has 1 atom stereocenters. The summed E-state index contributed by atoms with van der Waals surface area (Å²) in [5.41, 5.74) is 13.8. The minimum atomic E-state index is -0.845. The van der Waals surface area contributed by atoms with Crippen LogP contribution in [0.4, 0.5) is 17.1 Å². The van der Waals surface area contributed by atoms with Crippen molar-refractivity contribution in [2.24, 2.45) is 5.41 Å². The molecule has 4 N–H and O–H groups in total. The van der Waals surface area contributed by atoms with Crippen LogP contribution in [0.25, 0.3) is 0 Å². The Morgan fingerprint density at radius 3 is 2.72 bits per heavy atom. The molecule has 5 rings (SSSR count). The maximum atomic E-state index is 14.0. The minimum absolute atomic E-state index is 0.0938. The molecule has 7 nitrogen and oxygen atoms in total. The SMILES string of the molecule is CCNc1ccc(C(c2nc(CN3CCCc4ccc(C)cc4S3)c(C)s2)C(C)(C)C(=O)Nc2cccnc2)c(C)c1N. The first-order chi connectivity index (χ1) is 20.6. The number of nitrogen functional groups attached to an aromatic ring is 1. The van der Waals surface area contributed by atoms with Gasteiger partial charge in [0, 0.05) is 29.1 Å². The number of aryl methyl sites for hydroxylation is 3. The molecule has 1 aliphatic heterocycles. The van der Waals surface area contributed by atoms with Crippen LogP contribution in [0, 0.1) is 26.2 Å². The van der Waals surface area contributed by atoms with Crippen LogP contribution in [-0.2, 0) is 17.8 Å². The lowest BCUT2D eigenvalue weighted by molar-refractivity contribution is -0.124. The summed E-state index contributed by atoms with van der Waals surface area (Å²) in [7, 11) is 0. The van der Waals surface area contributed by atoms with Gasteiger partial charge in [-0.25, -0.2) is 9.29 Å². The molecule has 1 amide bonds. The second-order valence-corrected chi connectivity index (χ2v) is 14.2. The Hall–Kier alpha value is -3.40. The van der Waals surface area contributed by atoms with Crippen molar-refractivity contribution in [3.8, 4) is 0 Å². The number of benzene rings is 2. The highest BCUT2D eigenvalue weighted by Gasteiger charge is 2.42. The lowest BCUT2D eigenvalue weighted by atomic mass is 9.73. The number of aromatic nitrogens is 2. The number of hydrogen-bond donors (Lipinski definition) is 3. The topological polar surface area (TPSA) is 96.2 Å². The van der Waals surface area contributed by atoms with Crippen molar-refractivity contribution < 1.29 is 4.79 Å². The number of thiazole rings is 1. The van der Waals surface area contributed by atoms with E-state index in [0.717, 1.165) is 60.0 Å². The molecule has 0 saturated carbocycles. The lowest BCUT2D eigenvalue weighted by Crippen LogP contribution is -2.37. The summed E-state index contributed by atoms with van der Waals surface area (Å²) in [4.78, 5) is 25.9. The summed E-state index contributed by atoms with van der Waals surface area (Å²) in [6.45, 7) is 14.9. The number of rotatable bonds is 9. The van der Waals surface area contributed by atoms with Gasteiger partial charge in [-0.15, -0.1) is 11.3 Å². The molecular formula is C34H42N6OS2. The van der Waals surface area contributed by atoms with Crippen LogP contribution >= 0.6 is 23.3 Å². The average Bonchev–Trinajstić information content (AvgIpc) is 3.20. The predicted octanol–water partition coefficient (Wildman–Crippen LogP) is 7.73. The third-order valence-corrected chi connectivity index (χ3v) is 10.5. The molecule has 9 heteroatoms. The van der Waals surface area contributed by atoms with E-state index >= 15 is 0 Å². The van der Waals surface area contributed by atoms with Crippen LogP contribution < -0.4 is 16.4 Å². The molecule has 1 unspecified atom stereocenters. The molecule has 43 heavy (non-hydrogen) atoms. The van der Waals surface area contributed by atoms with Crippen LogP contribution in [0.2, 0.25) is 0 Å². The first-order valence-corrected chi connectivity index (χ1v) is 16.5. The largest absolute Gasteiger partial charge is 0.397 e. The van der Waals surface area contributed by atoms with Gasteiger partial charge in [-0.1, -0.05) is 32.0 Å².